The van der Waals surface area contributed by atoms with Crippen molar-refractivity contribution in [3.8, 4) is 0 Å². The first-order chi connectivity index (χ1) is 4.66. The van der Waals surface area contributed by atoms with Crippen LogP contribution < -0.4 is 0 Å². The topological polar surface area (TPSA) is 18.5 Å². The van der Waals surface area contributed by atoms with E-state index in [4.69, 9.17) is 9.05 Å². The normalized spacial score (nSPS) is 41.7. The van der Waals surface area contributed by atoms with E-state index < -0.39 is 8.38 Å². The number of hydrogen-bond donors (Lipinski definition) is 0. The highest BCUT2D eigenvalue weighted by atomic mass is 31.2. The molecule has 1 heterocycles. The van der Waals surface area contributed by atoms with Crippen molar-refractivity contribution in [3.63, 3.8) is 0 Å². The molecule has 2 nitrogen and oxygen atoms in total. The van der Waals surface area contributed by atoms with E-state index in [-0.39, 0.29) is 5.41 Å². The van der Waals surface area contributed by atoms with E-state index in [1.165, 1.54) is 0 Å². The predicted octanol–water partition coefficient (Wildman–Crippen LogP) is 2.21. The molecule has 1 aliphatic heterocycles. The quantitative estimate of drug-likeness (QED) is 0.549. The molecule has 0 aromatic carbocycles. The van der Waals surface area contributed by atoms with E-state index in [1.54, 1.807) is 0 Å². The van der Waals surface area contributed by atoms with Crippen LogP contribution in [-0.2, 0) is 9.05 Å². The van der Waals surface area contributed by atoms with Gasteiger partial charge in [-0.15, -0.1) is 0 Å². The molecule has 1 radical (unpaired) electrons. The van der Waals surface area contributed by atoms with Crippen LogP contribution in [0.15, 0.2) is 0 Å². The van der Waals surface area contributed by atoms with Crippen molar-refractivity contribution >= 4 is 8.38 Å². The lowest BCUT2D eigenvalue weighted by atomic mass is 9.90. The summed E-state index contributed by atoms with van der Waals surface area (Å²) in [4.78, 5) is 0. The molecule has 0 aliphatic carbocycles. The minimum atomic E-state index is -0.576. The first kappa shape index (κ1) is 8.45. The molecule has 1 fully saturated rings. The van der Waals surface area contributed by atoms with E-state index in [1.807, 2.05) is 6.66 Å². The summed E-state index contributed by atoms with van der Waals surface area (Å²) in [6.07, 6.45) is 2.15. The maximum atomic E-state index is 5.40. The first-order valence-corrected chi connectivity index (χ1v) is 5.09. The van der Waals surface area contributed by atoms with Gasteiger partial charge < -0.3 is 9.05 Å². The largest absolute Gasteiger partial charge is 0.334 e. The molecule has 0 bridgehead atoms. The van der Waals surface area contributed by atoms with Crippen molar-refractivity contribution in [3.05, 3.63) is 6.42 Å². The molecule has 0 spiro atoms. The third kappa shape index (κ3) is 1.91. The maximum Gasteiger partial charge on any atom is 0.167 e. The van der Waals surface area contributed by atoms with E-state index >= 15 is 0 Å². The summed E-state index contributed by atoms with van der Waals surface area (Å²) in [6, 6.07) is 0. The predicted molar refractivity (Wildman–Crippen MR) is 42.8 cm³/mol. The van der Waals surface area contributed by atoms with Crippen molar-refractivity contribution in [2.75, 3.05) is 19.9 Å². The molecular formula is C7H14O2P. The lowest BCUT2D eigenvalue weighted by Gasteiger charge is -2.34. The zero-order valence-electron chi connectivity index (χ0n) is 6.76. The van der Waals surface area contributed by atoms with Gasteiger partial charge in [-0.3, -0.25) is 0 Å². The average molecular weight is 161 g/mol. The van der Waals surface area contributed by atoms with Crippen LogP contribution in [-0.4, -0.2) is 19.9 Å². The van der Waals surface area contributed by atoms with Gasteiger partial charge in [-0.2, -0.15) is 0 Å². The fraction of sp³-hybridized carbons (Fsp3) is 0.857. The standard InChI is InChI=1S/C7H14O2P/c1-4-7(2)5-8-10(3)9-6-7/h4H,5-6H2,1-3H3. The molecule has 0 saturated carbocycles. The number of rotatable bonds is 1. The fourth-order valence-electron chi connectivity index (χ4n) is 0.722. The Morgan fingerprint density at radius 3 is 2.30 bits per heavy atom. The van der Waals surface area contributed by atoms with Gasteiger partial charge >= 0.3 is 0 Å². The summed E-state index contributed by atoms with van der Waals surface area (Å²) in [5.74, 6) is 0. The van der Waals surface area contributed by atoms with Crippen molar-refractivity contribution in [1.82, 2.24) is 0 Å². The zero-order valence-corrected chi connectivity index (χ0v) is 7.65. The van der Waals surface area contributed by atoms with Crippen molar-refractivity contribution in [2.24, 2.45) is 5.41 Å². The summed E-state index contributed by atoms with van der Waals surface area (Å²) >= 11 is 0. The second-order valence-corrected chi connectivity index (χ2v) is 4.33. The molecule has 1 aliphatic rings. The van der Waals surface area contributed by atoms with Gasteiger partial charge in [0.1, 0.15) is 0 Å². The Morgan fingerprint density at radius 2 is 1.90 bits per heavy atom. The Labute approximate surface area is 63.8 Å². The van der Waals surface area contributed by atoms with Crippen LogP contribution in [0.25, 0.3) is 0 Å². The van der Waals surface area contributed by atoms with Crippen molar-refractivity contribution in [1.29, 1.82) is 0 Å². The summed E-state index contributed by atoms with van der Waals surface area (Å²) in [7, 11) is -0.576. The van der Waals surface area contributed by atoms with Gasteiger partial charge in [-0.05, 0) is 6.42 Å². The monoisotopic (exact) mass is 161 g/mol. The Kier molecular flexibility index (Phi) is 2.67. The molecule has 10 heavy (non-hydrogen) atoms. The second-order valence-electron chi connectivity index (χ2n) is 2.93. The van der Waals surface area contributed by atoms with E-state index in [0.717, 1.165) is 13.2 Å². The highest BCUT2D eigenvalue weighted by Gasteiger charge is 2.29. The van der Waals surface area contributed by atoms with Gasteiger partial charge in [0.2, 0.25) is 0 Å². The Balaban J connectivity index is 2.38. The summed E-state index contributed by atoms with van der Waals surface area (Å²) in [5.41, 5.74) is 0.148. The molecular weight excluding hydrogens is 147 g/mol. The Bertz CT molecular complexity index is 108. The van der Waals surface area contributed by atoms with Crippen LogP contribution in [0, 0.1) is 11.8 Å². The van der Waals surface area contributed by atoms with Gasteiger partial charge in [0.25, 0.3) is 0 Å². The molecule has 1 rings (SSSR count). The SMILES string of the molecule is C[CH]C1(C)COP(C)OC1. The third-order valence-electron chi connectivity index (χ3n) is 1.85. The highest BCUT2D eigenvalue weighted by Crippen LogP contribution is 2.43. The van der Waals surface area contributed by atoms with Gasteiger partial charge in [0.15, 0.2) is 8.38 Å². The van der Waals surface area contributed by atoms with Crippen molar-refractivity contribution < 1.29 is 9.05 Å². The Hall–Kier alpha value is 0.350. The van der Waals surface area contributed by atoms with Gasteiger partial charge in [0.05, 0.1) is 13.2 Å². The van der Waals surface area contributed by atoms with E-state index in [0.29, 0.717) is 0 Å². The fourth-order valence-corrected chi connectivity index (χ4v) is 1.75. The molecule has 0 atom stereocenters. The highest BCUT2D eigenvalue weighted by molar-refractivity contribution is 7.46. The summed E-state index contributed by atoms with van der Waals surface area (Å²) < 4.78 is 10.8. The second kappa shape index (κ2) is 3.17. The molecule has 0 aromatic rings. The van der Waals surface area contributed by atoms with Crippen LogP contribution in [0.2, 0.25) is 0 Å². The Morgan fingerprint density at radius 1 is 1.40 bits per heavy atom. The third-order valence-corrected chi connectivity index (χ3v) is 2.83. The smallest absolute Gasteiger partial charge is 0.167 e. The molecule has 3 heteroatoms. The van der Waals surface area contributed by atoms with Gasteiger partial charge in [0, 0.05) is 12.1 Å². The molecule has 0 amide bonds. The number of hydrogen-bond acceptors (Lipinski definition) is 2. The van der Waals surface area contributed by atoms with Gasteiger partial charge in [-0.25, -0.2) is 0 Å². The minimum absolute atomic E-state index is 0.148. The van der Waals surface area contributed by atoms with Crippen LogP contribution >= 0.6 is 8.38 Å². The van der Waals surface area contributed by atoms with E-state index in [9.17, 15) is 0 Å². The molecule has 0 N–H and O–H groups in total. The average Bonchev–Trinajstić information content (AvgIpc) is 1.96. The van der Waals surface area contributed by atoms with Crippen molar-refractivity contribution in [2.45, 2.75) is 13.8 Å². The minimum Gasteiger partial charge on any atom is -0.334 e. The molecule has 59 valence electrons. The van der Waals surface area contributed by atoms with Gasteiger partial charge in [-0.1, -0.05) is 13.8 Å². The molecule has 1 saturated heterocycles. The lowest BCUT2D eigenvalue weighted by molar-refractivity contribution is 0.0732. The first-order valence-electron chi connectivity index (χ1n) is 3.46. The summed E-state index contributed by atoms with van der Waals surface area (Å²) in [6.45, 7) is 7.81. The lowest BCUT2D eigenvalue weighted by Crippen LogP contribution is -2.31. The summed E-state index contributed by atoms with van der Waals surface area (Å²) in [5, 5.41) is 0. The molecule has 0 unspecified atom stereocenters. The van der Waals surface area contributed by atoms with E-state index in [2.05, 4.69) is 20.3 Å². The van der Waals surface area contributed by atoms with Crippen LogP contribution in [0.5, 0.6) is 0 Å². The van der Waals surface area contributed by atoms with Crippen LogP contribution in [0.3, 0.4) is 0 Å². The van der Waals surface area contributed by atoms with Crippen LogP contribution in [0.1, 0.15) is 13.8 Å². The molecule has 0 aromatic heterocycles. The maximum absolute atomic E-state index is 5.40. The zero-order chi connectivity index (χ0) is 7.61. The van der Waals surface area contributed by atoms with Crippen LogP contribution in [0.4, 0.5) is 0 Å².